The van der Waals surface area contributed by atoms with Crippen molar-refractivity contribution in [2.75, 3.05) is 13.1 Å². The van der Waals surface area contributed by atoms with Crippen molar-refractivity contribution in [3.05, 3.63) is 0 Å². The summed E-state index contributed by atoms with van der Waals surface area (Å²) >= 11 is 0. The molecule has 0 bridgehead atoms. The molecule has 0 aromatic heterocycles. The zero-order chi connectivity index (χ0) is 12.6. The van der Waals surface area contributed by atoms with Crippen LogP contribution in [0.2, 0.25) is 0 Å². The minimum Gasteiger partial charge on any atom is -0.481 e. The molecule has 1 saturated carbocycles. The maximum absolute atomic E-state index is 12.4. The number of carbonyl (C=O) groups is 2. The lowest BCUT2D eigenvalue weighted by Crippen LogP contribution is -2.46. The highest BCUT2D eigenvalue weighted by molar-refractivity contribution is 5.86. The van der Waals surface area contributed by atoms with Gasteiger partial charge in [0.1, 0.15) is 0 Å². The van der Waals surface area contributed by atoms with Gasteiger partial charge in [-0.25, -0.2) is 0 Å². The second-order valence-electron chi connectivity index (χ2n) is 5.74. The molecule has 4 heteroatoms. The number of hydrogen-bond donors (Lipinski definition) is 1. The minimum atomic E-state index is -0.767. The first-order valence-corrected chi connectivity index (χ1v) is 6.49. The van der Waals surface area contributed by atoms with Gasteiger partial charge in [-0.1, -0.05) is 13.8 Å². The predicted molar refractivity (Wildman–Crippen MR) is 63.4 cm³/mol. The van der Waals surface area contributed by atoms with E-state index in [0.29, 0.717) is 18.9 Å². The molecule has 2 rings (SSSR count). The zero-order valence-corrected chi connectivity index (χ0v) is 10.6. The summed E-state index contributed by atoms with van der Waals surface area (Å²) in [6.45, 7) is 5.31. The number of rotatable bonds is 3. The van der Waals surface area contributed by atoms with Gasteiger partial charge in [0.05, 0.1) is 11.3 Å². The van der Waals surface area contributed by atoms with Gasteiger partial charge in [0.2, 0.25) is 5.91 Å². The third-order valence-electron chi connectivity index (χ3n) is 4.38. The van der Waals surface area contributed by atoms with E-state index < -0.39 is 5.97 Å². The Balaban J connectivity index is 2.03. The number of piperidine rings is 1. The van der Waals surface area contributed by atoms with Gasteiger partial charge < -0.3 is 10.0 Å². The van der Waals surface area contributed by atoms with E-state index in [2.05, 4.69) is 13.8 Å². The zero-order valence-electron chi connectivity index (χ0n) is 10.6. The molecule has 1 aliphatic carbocycles. The topological polar surface area (TPSA) is 57.6 Å². The van der Waals surface area contributed by atoms with Gasteiger partial charge in [-0.05, 0) is 31.6 Å². The van der Waals surface area contributed by atoms with Gasteiger partial charge in [0, 0.05) is 13.1 Å². The van der Waals surface area contributed by atoms with Crippen LogP contribution in [0, 0.1) is 17.3 Å². The van der Waals surface area contributed by atoms with Crippen molar-refractivity contribution >= 4 is 11.9 Å². The Morgan fingerprint density at radius 2 is 2.00 bits per heavy atom. The van der Waals surface area contributed by atoms with Crippen LogP contribution < -0.4 is 0 Å². The van der Waals surface area contributed by atoms with Crippen molar-refractivity contribution in [3.8, 4) is 0 Å². The fourth-order valence-corrected chi connectivity index (χ4v) is 2.85. The summed E-state index contributed by atoms with van der Waals surface area (Å²) in [5, 5.41) is 9.03. The molecule has 0 aromatic carbocycles. The van der Waals surface area contributed by atoms with E-state index in [-0.39, 0.29) is 17.2 Å². The highest BCUT2D eigenvalue weighted by Crippen LogP contribution is 2.53. The summed E-state index contributed by atoms with van der Waals surface area (Å²) in [4.78, 5) is 25.2. The Hall–Kier alpha value is -1.06. The van der Waals surface area contributed by atoms with Crippen molar-refractivity contribution in [2.45, 2.75) is 39.5 Å². The molecule has 2 aliphatic rings. The number of aliphatic carboxylic acids is 1. The monoisotopic (exact) mass is 239 g/mol. The van der Waals surface area contributed by atoms with Crippen LogP contribution in [-0.4, -0.2) is 35.0 Å². The smallest absolute Gasteiger partial charge is 0.308 e. The molecule has 0 spiro atoms. The average Bonchev–Trinajstić information content (AvgIpc) is 3.09. The molecule has 0 radical (unpaired) electrons. The maximum atomic E-state index is 12.4. The molecule has 1 aliphatic heterocycles. The molecule has 1 heterocycles. The highest BCUT2D eigenvalue weighted by Gasteiger charge is 2.54. The molecular formula is C13H21NO3. The van der Waals surface area contributed by atoms with Crippen LogP contribution >= 0.6 is 0 Å². The van der Waals surface area contributed by atoms with Gasteiger partial charge in [0.25, 0.3) is 0 Å². The normalized spacial score (nSPS) is 27.0. The van der Waals surface area contributed by atoms with Gasteiger partial charge in [-0.2, -0.15) is 0 Å². The molecule has 0 aromatic rings. The third-order valence-corrected chi connectivity index (χ3v) is 4.38. The molecule has 2 fully saturated rings. The number of amides is 1. The molecule has 1 saturated heterocycles. The Morgan fingerprint density at radius 1 is 1.35 bits per heavy atom. The van der Waals surface area contributed by atoms with Crippen LogP contribution in [0.1, 0.15) is 39.5 Å². The summed E-state index contributed by atoms with van der Waals surface area (Å²) in [5.74, 6) is -0.578. The Bertz CT molecular complexity index is 334. The average molecular weight is 239 g/mol. The van der Waals surface area contributed by atoms with Gasteiger partial charge in [-0.15, -0.1) is 0 Å². The Morgan fingerprint density at radius 3 is 2.47 bits per heavy atom. The lowest BCUT2D eigenvalue weighted by molar-refractivity contribution is -0.148. The first kappa shape index (κ1) is 12.4. The second kappa shape index (κ2) is 4.31. The third kappa shape index (κ3) is 2.17. The van der Waals surface area contributed by atoms with E-state index in [0.717, 1.165) is 25.8 Å². The van der Waals surface area contributed by atoms with Crippen molar-refractivity contribution in [1.82, 2.24) is 4.90 Å². The van der Waals surface area contributed by atoms with Crippen molar-refractivity contribution in [2.24, 2.45) is 17.3 Å². The molecule has 1 unspecified atom stereocenters. The Labute approximate surface area is 102 Å². The van der Waals surface area contributed by atoms with Crippen LogP contribution in [0.5, 0.6) is 0 Å². The van der Waals surface area contributed by atoms with E-state index in [9.17, 15) is 9.59 Å². The molecule has 4 nitrogen and oxygen atoms in total. The van der Waals surface area contributed by atoms with Crippen LogP contribution in [0.25, 0.3) is 0 Å². The SMILES string of the molecule is CC(C)C1(C(=O)N2CCCC(C(=O)O)C2)CC1. The summed E-state index contributed by atoms with van der Waals surface area (Å²) in [6, 6.07) is 0. The van der Waals surface area contributed by atoms with Crippen LogP contribution in [0.3, 0.4) is 0 Å². The number of carbonyl (C=O) groups excluding carboxylic acids is 1. The number of carboxylic acids is 1. The summed E-state index contributed by atoms with van der Waals surface area (Å²) < 4.78 is 0. The quantitative estimate of drug-likeness (QED) is 0.816. The highest BCUT2D eigenvalue weighted by atomic mass is 16.4. The fourth-order valence-electron chi connectivity index (χ4n) is 2.85. The van der Waals surface area contributed by atoms with Crippen molar-refractivity contribution in [1.29, 1.82) is 0 Å². The molecule has 1 atom stereocenters. The summed E-state index contributed by atoms with van der Waals surface area (Å²) in [5.41, 5.74) is -0.166. The number of likely N-dealkylation sites (tertiary alicyclic amines) is 1. The van der Waals surface area contributed by atoms with Gasteiger partial charge >= 0.3 is 5.97 Å². The van der Waals surface area contributed by atoms with E-state index in [1.807, 2.05) is 0 Å². The lowest BCUT2D eigenvalue weighted by Gasteiger charge is -2.34. The molecule has 1 N–H and O–H groups in total. The maximum Gasteiger partial charge on any atom is 0.308 e. The number of nitrogens with zero attached hydrogens (tertiary/aromatic N) is 1. The summed E-state index contributed by atoms with van der Waals surface area (Å²) in [7, 11) is 0. The van der Waals surface area contributed by atoms with E-state index >= 15 is 0 Å². The molecule has 1 amide bonds. The van der Waals surface area contributed by atoms with E-state index in [1.54, 1.807) is 4.90 Å². The first-order valence-electron chi connectivity index (χ1n) is 6.49. The standard InChI is InChI=1S/C13H21NO3/c1-9(2)13(5-6-13)12(17)14-7-3-4-10(8-14)11(15)16/h9-10H,3-8H2,1-2H3,(H,15,16). The van der Waals surface area contributed by atoms with Crippen molar-refractivity contribution in [3.63, 3.8) is 0 Å². The number of hydrogen-bond acceptors (Lipinski definition) is 2. The first-order chi connectivity index (χ1) is 7.97. The van der Waals surface area contributed by atoms with Crippen LogP contribution in [-0.2, 0) is 9.59 Å². The minimum absolute atomic E-state index is 0.166. The van der Waals surface area contributed by atoms with E-state index in [1.165, 1.54) is 0 Å². The largest absolute Gasteiger partial charge is 0.481 e. The van der Waals surface area contributed by atoms with Crippen LogP contribution in [0.15, 0.2) is 0 Å². The summed E-state index contributed by atoms with van der Waals surface area (Å²) in [6.07, 6.45) is 3.46. The van der Waals surface area contributed by atoms with E-state index in [4.69, 9.17) is 5.11 Å². The molecule has 96 valence electrons. The van der Waals surface area contributed by atoms with Gasteiger partial charge in [-0.3, -0.25) is 9.59 Å². The molecular weight excluding hydrogens is 218 g/mol. The molecule has 17 heavy (non-hydrogen) atoms. The van der Waals surface area contributed by atoms with Gasteiger partial charge in [0.15, 0.2) is 0 Å². The second-order valence-corrected chi connectivity index (χ2v) is 5.74. The van der Waals surface area contributed by atoms with Crippen LogP contribution in [0.4, 0.5) is 0 Å². The number of carboxylic acid groups (broad SMARTS) is 1. The Kier molecular flexibility index (Phi) is 3.15. The van der Waals surface area contributed by atoms with Crippen molar-refractivity contribution < 1.29 is 14.7 Å². The fraction of sp³-hybridized carbons (Fsp3) is 0.846. The predicted octanol–water partition coefficient (Wildman–Crippen LogP) is 1.75. The lowest BCUT2D eigenvalue weighted by atomic mass is 9.89.